The summed E-state index contributed by atoms with van der Waals surface area (Å²) in [5.74, 6) is -1.96. The number of nitrogens with two attached hydrogens (primary N) is 1. The molecule has 0 saturated heterocycles. The molecule has 0 spiro atoms. The number of carbonyl (C=O) groups is 3. The minimum atomic E-state index is -1.33. The van der Waals surface area contributed by atoms with Gasteiger partial charge in [0, 0.05) is 12.2 Å². The average Bonchev–Trinajstić information content (AvgIpc) is 2.04. The van der Waals surface area contributed by atoms with E-state index < -0.39 is 18.0 Å². The highest BCUT2D eigenvalue weighted by atomic mass is 16.4. The van der Waals surface area contributed by atoms with Gasteiger partial charge in [-0.2, -0.15) is 0 Å². The summed E-state index contributed by atoms with van der Waals surface area (Å²) in [7, 11) is 0. The van der Waals surface area contributed by atoms with Crippen molar-refractivity contribution in [3.05, 3.63) is 25.3 Å². The van der Waals surface area contributed by atoms with Gasteiger partial charge in [-0.3, -0.25) is 0 Å². The Kier molecular flexibility index (Phi) is 16.8. The highest BCUT2D eigenvalue weighted by molar-refractivity contribution is 5.79. The predicted octanol–water partition coefficient (Wildman–Crippen LogP) is 0.137. The van der Waals surface area contributed by atoms with Crippen LogP contribution >= 0.6 is 0 Å². The first-order valence-corrected chi connectivity index (χ1v) is 2.97. The van der Waals surface area contributed by atoms with Crippen molar-refractivity contribution in [3.63, 3.8) is 0 Å². The quantitative estimate of drug-likeness (QED) is 0.473. The molecule has 0 atom stereocenters. The fourth-order valence-corrected chi connectivity index (χ4v) is 0. The topological polar surface area (TPSA) is 138 Å². The van der Waals surface area contributed by atoms with Crippen molar-refractivity contribution in [2.45, 2.75) is 0 Å². The van der Waals surface area contributed by atoms with Crippen molar-refractivity contribution < 1.29 is 29.7 Å². The van der Waals surface area contributed by atoms with Crippen molar-refractivity contribution >= 4 is 18.0 Å². The van der Waals surface area contributed by atoms with Gasteiger partial charge in [0.1, 0.15) is 0 Å². The second-order valence-electron chi connectivity index (χ2n) is 1.42. The molecular formula is C7H11NO6. The third-order valence-electron chi connectivity index (χ3n) is 0.349. The number of primary amides is 1. The summed E-state index contributed by atoms with van der Waals surface area (Å²) < 4.78 is 0. The SMILES string of the molecule is C=CC(=O)O.C=CC(=O)O.NC(=O)O. The first-order chi connectivity index (χ1) is 6.27. The molecule has 0 unspecified atom stereocenters. The van der Waals surface area contributed by atoms with Gasteiger partial charge in [0.05, 0.1) is 0 Å². The third-order valence-corrected chi connectivity index (χ3v) is 0.349. The summed E-state index contributed by atoms with van der Waals surface area (Å²) in [6, 6.07) is 0. The van der Waals surface area contributed by atoms with E-state index in [9.17, 15) is 9.59 Å². The van der Waals surface area contributed by atoms with E-state index in [-0.39, 0.29) is 0 Å². The van der Waals surface area contributed by atoms with Crippen LogP contribution in [0.15, 0.2) is 25.3 Å². The van der Waals surface area contributed by atoms with E-state index in [0.29, 0.717) is 0 Å². The minimum Gasteiger partial charge on any atom is -0.478 e. The van der Waals surface area contributed by atoms with E-state index in [1.165, 1.54) is 0 Å². The van der Waals surface area contributed by atoms with E-state index >= 15 is 0 Å². The number of rotatable bonds is 2. The largest absolute Gasteiger partial charge is 0.478 e. The molecule has 1 amide bonds. The summed E-state index contributed by atoms with van der Waals surface area (Å²) in [5.41, 5.74) is 4.03. The van der Waals surface area contributed by atoms with Gasteiger partial charge in [0.2, 0.25) is 0 Å². The van der Waals surface area contributed by atoms with Crippen LogP contribution in [0.1, 0.15) is 0 Å². The number of hydrogen-bond donors (Lipinski definition) is 4. The maximum atomic E-state index is 9.25. The monoisotopic (exact) mass is 205 g/mol. The molecule has 0 fully saturated rings. The molecule has 0 aromatic heterocycles. The lowest BCUT2D eigenvalue weighted by Gasteiger charge is -1.64. The summed E-state index contributed by atoms with van der Waals surface area (Å²) in [4.78, 5) is 27.3. The Bertz CT molecular complexity index is 200. The zero-order valence-corrected chi connectivity index (χ0v) is 7.21. The highest BCUT2D eigenvalue weighted by Gasteiger charge is 1.73. The van der Waals surface area contributed by atoms with Crippen LogP contribution in [-0.4, -0.2) is 33.4 Å². The molecular weight excluding hydrogens is 194 g/mol. The van der Waals surface area contributed by atoms with Gasteiger partial charge >= 0.3 is 18.0 Å². The molecule has 0 aromatic rings. The Labute approximate surface area is 79.8 Å². The van der Waals surface area contributed by atoms with Crippen LogP contribution in [0.2, 0.25) is 0 Å². The van der Waals surface area contributed by atoms with Gasteiger partial charge in [0.25, 0.3) is 0 Å². The molecule has 0 radical (unpaired) electrons. The Balaban J connectivity index is -0.000000131. The molecule has 0 aliphatic heterocycles. The van der Waals surface area contributed by atoms with Crippen molar-refractivity contribution in [2.75, 3.05) is 0 Å². The fourth-order valence-electron chi connectivity index (χ4n) is 0. The number of carboxylic acid groups (broad SMARTS) is 3. The van der Waals surface area contributed by atoms with Crippen molar-refractivity contribution in [2.24, 2.45) is 5.73 Å². The molecule has 0 saturated carbocycles. The first-order valence-electron chi connectivity index (χ1n) is 2.97. The van der Waals surface area contributed by atoms with Gasteiger partial charge in [-0.15, -0.1) is 0 Å². The molecule has 7 heteroatoms. The zero-order valence-electron chi connectivity index (χ0n) is 7.21. The van der Waals surface area contributed by atoms with Gasteiger partial charge < -0.3 is 21.1 Å². The van der Waals surface area contributed by atoms with Crippen LogP contribution in [0.4, 0.5) is 4.79 Å². The highest BCUT2D eigenvalue weighted by Crippen LogP contribution is 1.55. The summed E-state index contributed by atoms with van der Waals surface area (Å²) in [6.45, 7) is 5.92. The van der Waals surface area contributed by atoms with Crippen molar-refractivity contribution in [1.29, 1.82) is 0 Å². The normalized spacial score (nSPS) is 6.29. The Morgan fingerprint density at radius 3 is 1.00 bits per heavy atom. The molecule has 80 valence electrons. The maximum Gasteiger partial charge on any atom is 0.402 e. The van der Waals surface area contributed by atoms with E-state index in [4.69, 9.17) is 20.1 Å². The minimum absolute atomic E-state index is 0.833. The molecule has 0 rings (SSSR count). The predicted molar refractivity (Wildman–Crippen MR) is 47.9 cm³/mol. The average molecular weight is 205 g/mol. The van der Waals surface area contributed by atoms with Crippen LogP contribution in [0, 0.1) is 0 Å². The fraction of sp³-hybridized carbons (Fsp3) is 0. The molecule has 7 nitrogen and oxygen atoms in total. The molecule has 0 aromatic carbocycles. The van der Waals surface area contributed by atoms with Crippen molar-refractivity contribution in [1.82, 2.24) is 0 Å². The lowest BCUT2D eigenvalue weighted by Crippen LogP contribution is -2.03. The summed E-state index contributed by atoms with van der Waals surface area (Å²) in [6.07, 6.45) is 0.333. The Morgan fingerprint density at radius 1 is 0.929 bits per heavy atom. The molecule has 0 heterocycles. The lowest BCUT2D eigenvalue weighted by atomic mass is 10.7. The second kappa shape index (κ2) is 13.3. The first kappa shape index (κ1) is 17.7. The van der Waals surface area contributed by atoms with Crippen LogP contribution in [0.5, 0.6) is 0 Å². The molecule has 0 aliphatic rings. The number of amides is 1. The van der Waals surface area contributed by atoms with Gasteiger partial charge in [-0.1, -0.05) is 13.2 Å². The van der Waals surface area contributed by atoms with Crippen molar-refractivity contribution in [3.8, 4) is 0 Å². The molecule has 0 aliphatic carbocycles. The van der Waals surface area contributed by atoms with Crippen LogP contribution in [-0.2, 0) is 9.59 Å². The van der Waals surface area contributed by atoms with Crippen LogP contribution < -0.4 is 5.73 Å². The van der Waals surface area contributed by atoms with Gasteiger partial charge in [-0.25, -0.2) is 14.4 Å². The van der Waals surface area contributed by atoms with Crippen LogP contribution in [0.3, 0.4) is 0 Å². The Morgan fingerprint density at radius 2 is 1.00 bits per heavy atom. The summed E-state index contributed by atoms with van der Waals surface area (Å²) >= 11 is 0. The van der Waals surface area contributed by atoms with E-state index in [1.54, 1.807) is 0 Å². The second-order valence-corrected chi connectivity index (χ2v) is 1.42. The van der Waals surface area contributed by atoms with Gasteiger partial charge in [-0.05, 0) is 0 Å². The van der Waals surface area contributed by atoms with E-state index in [1.807, 2.05) is 0 Å². The molecule has 0 bridgehead atoms. The maximum absolute atomic E-state index is 9.25. The number of hydrogen-bond acceptors (Lipinski definition) is 3. The number of carboxylic acids is 2. The van der Waals surface area contributed by atoms with Crippen LogP contribution in [0.25, 0.3) is 0 Å². The molecule has 5 N–H and O–H groups in total. The number of aliphatic carboxylic acids is 2. The Hall–Kier alpha value is -2.31. The summed E-state index contributed by atoms with van der Waals surface area (Å²) in [5, 5.41) is 22.4. The van der Waals surface area contributed by atoms with E-state index in [0.717, 1.165) is 12.2 Å². The van der Waals surface area contributed by atoms with Gasteiger partial charge in [0.15, 0.2) is 0 Å². The standard InChI is InChI=1S/2C3H4O2.CH3NO2/c2*1-2-3(4)5;2-1(3)4/h2*2H,1H2,(H,4,5);2H2,(H,3,4). The lowest BCUT2D eigenvalue weighted by molar-refractivity contribution is -0.132. The smallest absolute Gasteiger partial charge is 0.402 e. The molecule has 14 heavy (non-hydrogen) atoms. The van der Waals surface area contributed by atoms with E-state index in [2.05, 4.69) is 18.9 Å². The third kappa shape index (κ3) is 256. The zero-order chi connectivity index (χ0) is 12.1.